The van der Waals surface area contributed by atoms with Gasteiger partial charge in [0.15, 0.2) is 5.13 Å². The average Bonchev–Trinajstić information content (AvgIpc) is 3.00. The normalized spacial score (nSPS) is 15.6. The molecular weight excluding hydrogens is 375 g/mol. The Morgan fingerprint density at radius 1 is 1.19 bits per heavy atom. The third-order valence-corrected chi connectivity index (χ3v) is 5.76. The highest BCUT2D eigenvalue weighted by Crippen LogP contribution is 2.29. The van der Waals surface area contributed by atoms with Crippen LogP contribution < -0.4 is 10.6 Å². The largest absolute Gasteiger partial charge is 0.416 e. The minimum atomic E-state index is -4.36. The van der Waals surface area contributed by atoms with Gasteiger partial charge in [-0.05, 0) is 37.5 Å². The fourth-order valence-electron chi connectivity index (χ4n) is 3.16. The van der Waals surface area contributed by atoms with Crippen LogP contribution in [0.3, 0.4) is 0 Å². The summed E-state index contributed by atoms with van der Waals surface area (Å²) in [5.41, 5.74) is 0.566. The molecule has 0 aliphatic heterocycles. The third-order valence-electron chi connectivity index (χ3n) is 4.67. The Bertz CT molecular complexity index is 780. The molecule has 1 heterocycles. The molecule has 1 amide bonds. The van der Waals surface area contributed by atoms with E-state index in [1.165, 1.54) is 42.7 Å². The van der Waals surface area contributed by atoms with Crippen molar-refractivity contribution in [3.8, 4) is 0 Å². The zero-order chi connectivity index (χ0) is 19.4. The molecule has 1 aromatic heterocycles. The molecule has 0 saturated heterocycles. The predicted octanol–water partition coefficient (Wildman–Crippen LogP) is 5.14. The van der Waals surface area contributed by atoms with E-state index in [0.717, 1.165) is 30.1 Å². The van der Waals surface area contributed by atoms with Crippen molar-refractivity contribution >= 4 is 22.4 Å². The molecule has 2 N–H and O–H groups in total. The molecule has 0 radical (unpaired) electrons. The number of nitrogens with zero attached hydrogens (tertiary/aromatic N) is 1. The van der Waals surface area contributed by atoms with E-state index in [2.05, 4.69) is 15.6 Å². The Labute approximate surface area is 160 Å². The van der Waals surface area contributed by atoms with Gasteiger partial charge in [-0.1, -0.05) is 42.7 Å². The Morgan fingerprint density at radius 2 is 1.85 bits per heavy atom. The zero-order valence-corrected chi connectivity index (χ0v) is 15.8. The van der Waals surface area contributed by atoms with Gasteiger partial charge in [0.1, 0.15) is 4.88 Å². The minimum absolute atomic E-state index is 0.166. The molecule has 8 heteroatoms. The summed E-state index contributed by atoms with van der Waals surface area (Å²) in [5.74, 6) is -0.262. The topological polar surface area (TPSA) is 54.0 Å². The van der Waals surface area contributed by atoms with Crippen molar-refractivity contribution in [3.63, 3.8) is 0 Å². The van der Waals surface area contributed by atoms with Crippen molar-refractivity contribution in [3.05, 3.63) is 46.0 Å². The van der Waals surface area contributed by atoms with Gasteiger partial charge in [0, 0.05) is 12.6 Å². The lowest BCUT2D eigenvalue weighted by Crippen LogP contribution is -2.22. The standard InChI is InChI=1S/C19H22F3N3OS/c1-12-16(27-18(24-12)25-15-5-3-2-4-6-15)17(26)23-11-13-7-9-14(10-8-13)19(20,21)22/h7-10,15H,2-6,11H2,1H3,(H,23,26)(H,24,25). The Balaban J connectivity index is 1.57. The van der Waals surface area contributed by atoms with E-state index in [1.54, 1.807) is 6.92 Å². The number of thiazole rings is 1. The maximum absolute atomic E-state index is 12.6. The lowest BCUT2D eigenvalue weighted by molar-refractivity contribution is -0.137. The Hall–Kier alpha value is -2.09. The predicted molar refractivity (Wildman–Crippen MR) is 100.0 cm³/mol. The molecule has 1 fully saturated rings. The summed E-state index contributed by atoms with van der Waals surface area (Å²) >= 11 is 1.32. The fraction of sp³-hybridized carbons (Fsp3) is 0.474. The van der Waals surface area contributed by atoms with Crippen LogP contribution in [-0.2, 0) is 12.7 Å². The molecule has 146 valence electrons. The van der Waals surface area contributed by atoms with Crippen LogP contribution in [0.5, 0.6) is 0 Å². The lowest BCUT2D eigenvalue weighted by atomic mass is 9.96. The third kappa shape index (κ3) is 5.22. The number of rotatable bonds is 5. The Morgan fingerprint density at radius 3 is 2.48 bits per heavy atom. The second kappa shape index (κ2) is 8.29. The van der Waals surface area contributed by atoms with Crippen LogP contribution in [0.4, 0.5) is 18.3 Å². The number of hydrogen-bond acceptors (Lipinski definition) is 4. The quantitative estimate of drug-likeness (QED) is 0.734. The molecule has 1 aromatic carbocycles. The van der Waals surface area contributed by atoms with Gasteiger partial charge in [-0.2, -0.15) is 13.2 Å². The van der Waals surface area contributed by atoms with E-state index in [-0.39, 0.29) is 12.5 Å². The van der Waals surface area contributed by atoms with Crippen molar-refractivity contribution in [1.29, 1.82) is 0 Å². The van der Waals surface area contributed by atoms with Gasteiger partial charge in [0.05, 0.1) is 11.3 Å². The molecule has 2 aromatic rings. The molecule has 3 rings (SSSR count). The number of benzene rings is 1. The monoisotopic (exact) mass is 397 g/mol. The second-order valence-electron chi connectivity index (χ2n) is 6.79. The number of aromatic nitrogens is 1. The first-order valence-electron chi connectivity index (χ1n) is 9.01. The van der Waals surface area contributed by atoms with Crippen LogP contribution in [0.1, 0.15) is 58.6 Å². The summed E-state index contributed by atoms with van der Waals surface area (Å²) in [4.78, 5) is 17.4. The number of aryl methyl sites for hydroxylation is 1. The Kier molecular flexibility index (Phi) is 6.04. The molecule has 27 heavy (non-hydrogen) atoms. The van der Waals surface area contributed by atoms with E-state index >= 15 is 0 Å². The number of alkyl halides is 3. The van der Waals surface area contributed by atoms with Crippen molar-refractivity contribution < 1.29 is 18.0 Å². The lowest BCUT2D eigenvalue weighted by Gasteiger charge is -2.22. The van der Waals surface area contributed by atoms with Crippen molar-refractivity contribution in [2.24, 2.45) is 0 Å². The molecule has 4 nitrogen and oxygen atoms in total. The summed E-state index contributed by atoms with van der Waals surface area (Å²) in [7, 11) is 0. The summed E-state index contributed by atoms with van der Waals surface area (Å²) in [6, 6.07) is 5.20. The summed E-state index contributed by atoms with van der Waals surface area (Å²) in [6.45, 7) is 1.95. The highest BCUT2D eigenvalue weighted by atomic mass is 32.1. The average molecular weight is 397 g/mol. The number of carbonyl (C=O) groups is 1. The van der Waals surface area contributed by atoms with Gasteiger partial charge in [0.2, 0.25) is 0 Å². The maximum Gasteiger partial charge on any atom is 0.416 e. The van der Waals surface area contributed by atoms with Gasteiger partial charge >= 0.3 is 6.18 Å². The SMILES string of the molecule is Cc1nc(NC2CCCCC2)sc1C(=O)NCc1ccc(C(F)(F)F)cc1. The summed E-state index contributed by atoms with van der Waals surface area (Å²) in [6.07, 6.45) is 1.57. The van der Waals surface area contributed by atoms with Gasteiger partial charge in [-0.3, -0.25) is 4.79 Å². The van der Waals surface area contributed by atoms with Crippen LogP contribution in [0.15, 0.2) is 24.3 Å². The van der Waals surface area contributed by atoms with Crippen LogP contribution in [-0.4, -0.2) is 16.9 Å². The van der Waals surface area contributed by atoms with E-state index in [0.29, 0.717) is 22.2 Å². The molecular formula is C19H22F3N3OS. The first-order valence-corrected chi connectivity index (χ1v) is 9.83. The zero-order valence-electron chi connectivity index (χ0n) is 15.0. The number of carbonyl (C=O) groups excluding carboxylic acids is 1. The van der Waals surface area contributed by atoms with Crippen molar-refractivity contribution in [1.82, 2.24) is 10.3 Å². The van der Waals surface area contributed by atoms with Gasteiger partial charge in [0.25, 0.3) is 5.91 Å². The number of amides is 1. The minimum Gasteiger partial charge on any atom is -0.359 e. The van der Waals surface area contributed by atoms with Crippen LogP contribution in [0.2, 0.25) is 0 Å². The van der Waals surface area contributed by atoms with E-state index in [1.807, 2.05) is 0 Å². The highest BCUT2D eigenvalue weighted by molar-refractivity contribution is 7.17. The summed E-state index contributed by atoms with van der Waals surface area (Å²) < 4.78 is 37.8. The summed E-state index contributed by atoms with van der Waals surface area (Å²) in [5, 5.41) is 6.91. The van der Waals surface area contributed by atoms with E-state index in [4.69, 9.17) is 0 Å². The maximum atomic E-state index is 12.6. The smallest absolute Gasteiger partial charge is 0.359 e. The molecule has 0 spiro atoms. The molecule has 0 unspecified atom stereocenters. The van der Waals surface area contributed by atoms with E-state index < -0.39 is 11.7 Å². The van der Waals surface area contributed by atoms with E-state index in [9.17, 15) is 18.0 Å². The van der Waals surface area contributed by atoms with Crippen molar-refractivity contribution in [2.45, 2.75) is 57.8 Å². The highest BCUT2D eigenvalue weighted by Gasteiger charge is 2.29. The van der Waals surface area contributed by atoms with Gasteiger partial charge in [-0.15, -0.1) is 0 Å². The van der Waals surface area contributed by atoms with Gasteiger partial charge in [-0.25, -0.2) is 4.98 Å². The molecule has 0 atom stereocenters. The van der Waals surface area contributed by atoms with Crippen LogP contribution >= 0.6 is 11.3 Å². The molecule has 1 aliphatic carbocycles. The number of hydrogen-bond donors (Lipinski definition) is 2. The number of halogens is 3. The molecule has 0 bridgehead atoms. The number of anilines is 1. The van der Waals surface area contributed by atoms with Gasteiger partial charge < -0.3 is 10.6 Å². The van der Waals surface area contributed by atoms with Crippen LogP contribution in [0, 0.1) is 6.92 Å². The first kappa shape index (κ1) is 19.7. The number of nitrogens with one attached hydrogen (secondary N) is 2. The first-order chi connectivity index (χ1) is 12.8. The van der Waals surface area contributed by atoms with Crippen LogP contribution in [0.25, 0.3) is 0 Å². The van der Waals surface area contributed by atoms with Crippen molar-refractivity contribution in [2.75, 3.05) is 5.32 Å². The fourth-order valence-corrected chi connectivity index (χ4v) is 4.12. The molecule has 1 saturated carbocycles. The second-order valence-corrected chi connectivity index (χ2v) is 7.79. The molecule has 1 aliphatic rings.